The highest BCUT2D eigenvalue weighted by molar-refractivity contribution is 7.09. The van der Waals surface area contributed by atoms with Gasteiger partial charge < -0.3 is 0 Å². The third kappa shape index (κ3) is 3.40. The molecule has 0 nitrogen and oxygen atoms in total. The van der Waals surface area contributed by atoms with Gasteiger partial charge in [0.05, 0.1) is 0 Å². The Balaban J connectivity index is 2.65. The lowest BCUT2D eigenvalue weighted by Crippen LogP contribution is -1.87. The minimum absolute atomic E-state index is 0.741. The van der Waals surface area contributed by atoms with Crippen LogP contribution < -0.4 is 0 Å². The van der Waals surface area contributed by atoms with Crippen molar-refractivity contribution in [2.45, 2.75) is 6.55 Å². The van der Waals surface area contributed by atoms with Gasteiger partial charge in [-0.3, -0.25) is 0 Å². The molecule has 1 radical (unpaired) electrons. The van der Waals surface area contributed by atoms with E-state index < -0.39 is 8.11 Å². The Labute approximate surface area is 73.8 Å². The minimum atomic E-state index is -0.741. The van der Waals surface area contributed by atoms with Crippen molar-refractivity contribution in [2.75, 3.05) is 0 Å². The standard InChI is InChI=1S/C9H10ClSi/c1-11(10)8-7-9-5-3-2-4-6-9/h2-8H,1H3. The van der Waals surface area contributed by atoms with E-state index in [4.69, 9.17) is 11.1 Å². The molecule has 0 spiro atoms. The number of hydrogen-bond donors (Lipinski definition) is 0. The van der Waals surface area contributed by atoms with Crippen molar-refractivity contribution in [3.05, 3.63) is 41.6 Å². The minimum Gasteiger partial charge on any atom is -0.164 e. The fourth-order valence-electron chi connectivity index (χ4n) is 0.775. The summed E-state index contributed by atoms with van der Waals surface area (Å²) in [5.41, 5.74) is 3.29. The lowest BCUT2D eigenvalue weighted by molar-refractivity contribution is 1.66. The van der Waals surface area contributed by atoms with Crippen LogP contribution in [0.25, 0.3) is 6.08 Å². The molecule has 0 N–H and O–H groups in total. The summed E-state index contributed by atoms with van der Waals surface area (Å²) in [5, 5.41) is 0. The van der Waals surface area contributed by atoms with E-state index in [1.165, 1.54) is 5.56 Å². The Morgan fingerprint density at radius 3 is 2.45 bits per heavy atom. The molecule has 1 aromatic carbocycles. The van der Waals surface area contributed by atoms with Crippen LogP contribution >= 0.6 is 11.1 Å². The molecule has 57 valence electrons. The van der Waals surface area contributed by atoms with Crippen LogP contribution in [0.5, 0.6) is 0 Å². The van der Waals surface area contributed by atoms with Crippen molar-refractivity contribution in [1.82, 2.24) is 0 Å². The topological polar surface area (TPSA) is 0 Å². The Bertz CT molecular complexity index is 229. The van der Waals surface area contributed by atoms with Crippen LogP contribution in [0.1, 0.15) is 5.56 Å². The highest BCUT2D eigenvalue weighted by Crippen LogP contribution is 2.02. The molecule has 0 aliphatic rings. The Morgan fingerprint density at radius 1 is 1.27 bits per heavy atom. The summed E-state index contributed by atoms with van der Waals surface area (Å²) in [6.07, 6.45) is 2.07. The number of hydrogen-bond acceptors (Lipinski definition) is 0. The second-order valence-electron chi connectivity index (χ2n) is 2.33. The van der Waals surface area contributed by atoms with E-state index in [9.17, 15) is 0 Å². The molecule has 0 fully saturated rings. The molecule has 0 heterocycles. The SMILES string of the molecule is C[Si](Cl)C=Cc1ccccc1. The molecule has 0 aromatic heterocycles. The molecule has 0 saturated carbocycles. The molecule has 1 aromatic rings. The second kappa shape index (κ2) is 4.37. The maximum atomic E-state index is 5.84. The summed E-state index contributed by atoms with van der Waals surface area (Å²) >= 11 is 5.84. The summed E-state index contributed by atoms with van der Waals surface area (Å²) in [7, 11) is -0.741. The van der Waals surface area contributed by atoms with Crippen molar-refractivity contribution < 1.29 is 0 Å². The first-order valence-corrected chi connectivity index (χ1v) is 6.60. The van der Waals surface area contributed by atoms with Gasteiger partial charge in [0, 0.05) is 0 Å². The van der Waals surface area contributed by atoms with Crippen molar-refractivity contribution in [1.29, 1.82) is 0 Å². The second-order valence-corrected chi connectivity index (χ2v) is 5.63. The van der Waals surface area contributed by atoms with E-state index >= 15 is 0 Å². The maximum absolute atomic E-state index is 5.84. The summed E-state index contributed by atoms with van der Waals surface area (Å²) in [5.74, 6) is 0. The van der Waals surface area contributed by atoms with Crippen LogP contribution in [-0.4, -0.2) is 8.11 Å². The zero-order chi connectivity index (χ0) is 8.10. The van der Waals surface area contributed by atoms with E-state index in [0.29, 0.717) is 0 Å². The van der Waals surface area contributed by atoms with E-state index in [2.05, 4.69) is 23.9 Å². The van der Waals surface area contributed by atoms with Crippen molar-refractivity contribution in [3.63, 3.8) is 0 Å². The predicted molar refractivity (Wildman–Crippen MR) is 52.9 cm³/mol. The molecular formula is C9H10ClSi. The first-order chi connectivity index (χ1) is 5.29. The number of benzene rings is 1. The van der Waals surface area contributed by atoms with Crippen LogP contribution in [-0.2, 0) is 0 Å². The maximum Gasteiger partial charge on any atom is 0.188 e. The van der Waals surface area contributed by atoms with E-state index in [1.54, 1.807) is 0 Å². The first kappa shape index (κ1) is 8.56. The fraction of sp³-hybridized carbons (Fsp3) is 0.111. The van der Waals surface area contributed by atoms with Crippen molar-refractivity contribution in [3.8, 4) is 0 Å². The normalized spacial score (nSPS) is 11.2. The smallest absolute Gasteiger partial charge is 0.164 e. The van der Waals surface area contributed by atoms with Crippen LogP contribution in [0.2, 0.25) is 6.55 Å². The molecule has 0 atom stereocenters. The molecular weight excluding hydrogens is 172 g/mol. The molecule has 0 aliphatic heterocycles. The number of rotatable bonds is 2. The summed E-state index contributed by atoms with van der Waals surface area (Å²) in [4.78, 5) is 0. The van der Waals surface area contributed by atoms with Crippen molar-refractivity contribution >= 4 is 25.3 Å². The van der Waals surface area contributed by atoms with E-state index in [1.807, 2.05) is 24.7 Å². The lowest BCUT2D eigenvalue weighted by Gasteiger charge is -1.90. The third-order valence-electron chi connectivity index (χ3n) is 1.31. The average Bonchev–Trinajstić information content (AvgIpc) is 2.03. The van der Waals surface area contributed by atoms with Gasteiger partial charge >= 0.3 is 0 Å². The average molecular weight is 182 g/mol. The fourth-order valence-corrected chi connectivity index (χ4v) is 1.39. The molecule has 11 heavy (non-hydrogen) atoms. The zero-order valence-electron chi connectivity index (χ0n) is 6.42. The first-order valence-electron chi connectivity index (χ1n) is 3.51. The van der Waals surface area contributed by atoms with Crippen LogP contribution in [0.3, 0.4) is 0 Å². The molecule has 0 aliphatic carbocycles. The molecule has 0 saturated heterocycles. The van der Waals surface area contributed by atoms with Gasteiger partial charge in [0.1, 0.15) is 0 Å². The lowest BCUT2D eigenvalue weighted by atomic mass is 10.2. The Hall–Kier alpha value is -0.533. The van der Waals surface area contributed by atoms with Gasteiger partial charge in [-0.2, -0.15) is 11.1 Å². The van der Waals surface area contributed by atoms with Gasteiger partial charge in [0.2, 0.25) is 0 Å². The number of halogens is 1. The Kier molecular flexibility index (Phi) is 3.40. The molecule has 1 rings (SSSR count). The van der Waals surface area contributed by atoms with Crippen LogP contribution in [0, 0.1) is 0 Å². The molecule has 0 bridgehead atoms. The molecule has 0 unspecified atom stereocenters. The van der Waals surface area contributed by atoms with Crippen molar-refractivity contribution in [2.24, 2.45) is 0 Å². The summed E-state index contributed by atoms with van der Waals surface area (Å²) in [6.45, 7) is 2.05. The van der Waals surface area contributed by atoms with Gasteiger partial charge in [-0.1, -0.05) is 48.7 Å². The predicted octanol–water partition coefficient (Wildman–Crippen LogP) is 3.10. The van der Waals surface area contributed by atoms with Crippen LogP contribution in [0.4, 0.5) is 0 Å². The van der Waals surface area contributed by atoms with E-state index in [-0.39, 0.29) is 0 Å². The van der Waals surface area contributed by atoms with E-state index in [0.717, 1.165) is 0 Å². The summed E-state index contributed by atoms with van der Waals surface area (Å²) in [6, 6.07) is 10.2. The van der Waals surface area contributed by atoms with Gasteiger partial charge in [-0.05, 0) is 5.56 Å². The third-order valence-corrected chi connectivity index (χ3v) is 2.31. The van der Waals surface area contributed by atoms with Gasteiger partial charge in [-0.15, -0.1) is 0 Å². The Morgan fingerprint density at radius 2 is 1.91 bits per heavy atom. The van der Waals surface area contributed by atoms with Gasteiger partial charge in [-0.25, -0.2) is 0 Å². The van der Waals surface area contributed by atoms with Gasteiger partial charge in [0.15, 0.2) is 8.11 Å². The zero-order valence-corrected chi connectivity index (χ0v) is 8.18. The largest absolute Gasteiger partial charge is 0.188 e. The highest BCUT2D eigenvalue weighted by Gasteiger charge is 1.90. The van der Waals surface area contributed by atoms with Gasteiger partial charge in [0.25, 0.3) is 0 Å². The summed E-state index contributed by atoms with van der Waals surface area (Å²) < 4.78 is 0. The molecule has 0 amide bonds. The van der Waals surface area contributed by atoms with Crippen LogP contribution in [0.15, 0.2) is 36.0 Å². The highest BCUT2D eigenvalue weighted by atomic mass is 35.6. The monoisotopic (exact) mass is 181 g/mol. The quantitative estimate of drug-likeness (QED) is 0.486. The molecule has 2 heteroatoms.